The lowest BCUT2D eigenvalue weighted by molar-refractivity contribution is -0.225. The zero-order valence-electron chi connectivity index (χ0n) is 30.1. The van der Waals surface area contributed by atoms with E-state index in [0.717, 1.165) is 43.4 Å². The number of allylic oxidation sites excluding steroid dienone is 3. The highest BCUT2D eigenvalue weighted by atomic mass is 16.4. The third-order valence-electron chi connectivity index (χ3n) is 15.7. The third kappa shape index (κ3) is 4.65. The molecule has 9 unspecified atom stereocenters. The van der Waals surface area contributed by atoms with Crippen molar-refractivity contribution in [3.05, 3.63) is 83.7 Å². The first kappa shape index (κ1) is 33.3. The maximum absolute atomic E-state index is 14.4. The summed E-state index contributed by atoms with van der Waals surface area (Å²) >= 11 is 0. The second-order valence-electron chi connectivity index (χ2n) is 17.8. The quantitative estimate of drug-likeness (QED) is 0.306. The highest BCUT2D eigenvalue weighted by Crippen LogP contribution is 2.77. The maximum Gasteiger partial charge on any atom is 0.335 e. The molecule has 4 fully saturated rings. The van der Waals surface area contributed by atoms with Gasteiger partial charge in [-0.3, -0.25) is 9.78 Å². The van der Waals surface area contributed by atoms with Gasteiger partial charge in [-0.05, 0) is 151 Å². The van der Waals surface area contributed by atoms with Crippen LogP contribution in [0.4, 0.5) is 0 Å². The van der Waals surface area contributed by atoms with Crippen molar-refractivity contribution in [3.8, 4) is 0 Å². The molecule has 5 heteroatoms. The van der Waals surface area contributed by atoms with Crippen molar-refractivity contribution >= 4 is 17.4 Å². The number of amides is 1. The van der Waals surface area contributed by atoms with Crippen LogP contribution in [0.15, 0.2) is 66.9 Å². The predicted octanol–water partition coefficient (Wildman–Crippen LogP) is 9.75. The number of pyridine rings is 1. The van der Waals surface area contributed by atoms with Crippen LogP contribution in [0.1, 0.15) is 121 Å². The van der Waals surface area contributed by atoms with Crippen molar-refractivity contribution in [2.45, 2.75) is 106 Å². The first-order valence-corrected chi connectivity index (χ1v) is 18.6. The minimum Gasteiger partial charge on any atom is -0.478 e. The Morgan fingerprint density at radius 1 is 0.896 bits per heavy atom. The number of carboxylic acids is 1. The molecule has 2 N–H and O–H groups in total. The lowest BCUT2D eigenvalue weighted by Gasteiger charge is -2.72. The van der Waals surface area contributed by atoms with Crippen LogP contribution in [-0.4, -0.2) is 22.0 Å². The number of rotatable bonds is 6. The molecular weight excluding hydrogens is 592 g/mol. The number of nitrogens with zero attached hydrogens (tertiary/aromatic N) is 1. The molecule has 1 aromatic carbocycles. The Balaban J connectivity index is 1.20. The molecule has 5 aliphatic carbocycles. The molecule has 0 bridgehead atoms. The third-order valence-corrected chi connectivity index (χ3v) is 15.7. The highest BCUT2D eigenvalue weighted by Gasteiger charge is 2.71. The summed E-state index contributed by atoms with van der Waals surface area (Å²) in [6.07, 6.45) is 14.3. The molecule has 1 amide bonds. The monoisotopic (exact) mass is 648 g/mol. The van der Waals surface area contributed by atoms with Crippen LogP contribution in [0.2, 0.25) is 0 Å². The molecular formula is C43H56N2O3. The smallest absolute Gasteiger partial charge is 0.335 e. The van der Waals surface area contributed by atoms with Crippen molar-refractivity contribution < 1.29 is 14.7 Å². The molecule has 4 saturated carbocycles. The fraction of sp³-hybridized carbons (Fsp3) is 0.605. The van der Waals surface area contributed by atoms with E-state index >= 15 is 0 Å². The zero-order chi connectivity index (χ0) is 34.3. The number of benzene rings is 1. The standard InChI is InChI=1S/C43H56N2O3/c1-27(2)31-17-22-43(38(48)45-26-30-10-8-9-25-44-30)24-23-41(6)33(36(31)43)15-16-35-40(5)20-18-32(28-11-13-29(14-12-28)37(46)47)39(3,4)34(40)19-21-42(35,41)7/h8-14,18,25,31,33-36H,1,15-17,19-24,26H2,2-7H3,(H,45,48)(H,46,47). The second kappa shape index (κ2) is 11.4. The van der Waals surface area contributed by atoms with E-state index in [9.17, 15) is 14.7 Å². The molecule has 0 spiro atoms. The summed E-state index contributed by atoms with van der Waals surface area (Å²) in [7, 11) is 0. The summed E-state index contributed by atoms with van der Waals surface area (Å²) < 4.78 is 0. The molecule has 48 heavy (non-hydrogen) atoms. The van der Waals surface area contributed by atoms with E-state index in [2.05, 4.69) is 64.5 Å². The van der Waals surface area contributed by atoms with Crippen LogP contribution in [0.5, 0.6) is 0 Å². The topological polar surface area (TPSA) is 79.3 Å². The molecule has 5 nitrogen and oxygen atoms in total. The second-order valence-corrected chi connectivity index (χ2v) is 17.8. The van der Waals surface area contributed by atoms with Gasteiger partial charge >= 0.3 is 5.97 Å². The van der Waals surface area contributed by atoms with E-state index in [4.69, 9.17) is 0 Å². The molecule has 2 aromatic rings. The summed E-state index contributed by atoms with van der Waals surface area (Å²) in [5, 5.41) is 12.8. The Kier molecular flexibility index (Phi) is 7.92. The van der Waals surface area contributed by atoms with Gasteiger partial charge in [-0.25, -0.2) is 4.79 Å². The molecule has 1 heterocycles. The van der Waals surface area contributed by atoms with E-state index in [-0.39, 0.29) is 33.0 Å². The van der Waals surface area contributed by atoms with E-state index < -0.39 is 5.97 Å². The van der Waals surface area contributed by atoms with Crippen LogP contribution in [0, 0.1) is 56.7 Å². The van der Waals surface area contributed by atoms with E-state index in [1.165, 1.54) is 36.8 Å². The Labute approximate surface area is 288 Å². The molecule has 5 aliphatic rings. The van der Waals surface area contributed by atoms with Crippen molar-refractivity contribution in [2.75, 3.05) is 0 Å². The maximum atomic E-state index is 14.4. The molecule has 0 saturated heterocycles. The average molecular weight is 649 g/mol. The molecule has 0 radical (unpaired) electrons. The molecule has 0 aliphatic heterocycles. The summed E-state index contributed by atoms with van der Waals surface area (Å²) in [6.45, 7) is 20.0. The number of hydrogen-bond acceptors (Lipinski definition) is 3. The van der Waals surface area contributed by atoms with Gasteiger partial charge in [-0.1, -0.05) is 71.0 Å². The number of hydrogen-bond donors (Lipinski definition) is 2. The van der Waals surface area contributed by atoms with Crippen LogP contribution >= 0.6 is 0 Å². The first-order chi connectivity index (χ1) is 22.7. The van der Waals surface area contributed by atoms with Crippen molar-refractivity contribution in [1.29, 1.82) is 0 Å². The minimum atomic E-state index is -0.876. The Morgan fingerprint density at radius 3 is 2.31 bits per heavy atom. The normalized spacial score (nSPS) is 39.5. The van der Waals surface area contributed by atoms with Gasteiger partial charge in [0.1, 0.15) is 0 Å². The first-order valence-electron chi connectivity index (χ1n) is 18.6. The Hall–Kier alpha value is -3.21. The molecule has 1 aromatic heterocycles. The van der Waals surface area contributed by atoms with Gasteiger partial charge in [0, 0.05) is 6.20 Å². The van der Waals surface area contributed by atoms with Gasteiger partial charge in [-0.2, -0.15) is 0 Å². The van der Waals surface area contributed by atoms with Gasteiger partial charge in [0.25, 0.3) is 0 Å². The van der Waals surface area contributed by atoms with E-state index in [1.807, 2.05) is 30.3 Å². The van der Waals surface area contributed by atoms with Crippen LogP contribution < -0.4 is 5.32 Å². The molecule has 7 rings (SSSR count). The lowest BCUT2D eigenvalue weighted by atomic mass is 9.32. The van der Waals surface area contributed by atoms with Gasteiger partial charge < -0.3 is 10.4 Å². The van der Waals surface area contributed by atoms with Gasteiger partial charge in [0.05, 0.1) is 23.2 Å². The summed E-state index contributed by atoms with van der Waals surface area (Å²) in [6, 6.07) is 13.4. The Bertz CT molecular complexity index is 1640. The van der Waals surface area contributed by atoms with Gasteiger partial charge in [0.2, 0.25) is 5.91 Å². The number of aromatic carboxylic acids is 1. The molecule has 256 valence electrons. The van der Waals surface area contributed by atoms with Crippen LogP contribution in [0.25, 0.3) is 5.57 Å². The number of carboxylic acid groups (broad SMARTS) is 1. The number of carbonyl (C=O) groups is 2. The predicted molar refractivity (Wildman–Crippen MR) is 192 cm³/mol. The van der Waals surface area contributed by atoms with Crippen molar-refractivity contribution in [3.63, 3.8) is 0 Å². The van der Waals surface area contributed by atoms with Gasteiger partial charge in [0.15, 0.2) is 0 Å². The highest BCUT2D eigenvalue weighted by molar-refractivity contribution is 5.88. The van der Waals surface area contributed by atoms with E-state index in [0.29, 0.717) is 41.7 Å². The lowest BCUT2D eigenvalue weighted by Crippen LogP contribution is -2.66. The van der Waals surface area contributed by atoms with Crippen LogP contribution in [0.3, 0.4) is 0 Å². The van der Waals surface area contributed by atoms with Gasteiger partial charge in [-0.15, -0.1) is 0 Å². The largest absolute Gasteiger partial charge is 0.478 e. The van der Waals surface area contributed by atoms with Crippen molar-refractivity contribution in [1.82, 2.24) is 10.3 Å². The summed E-state index contributed by atoms with van der Waals surface area (Å²) in [4.78, 5) is 30.4. The fourth-order valence-corrected chi connectivity index (χ4v) is 13.3. The average Bonchev–Trinajstić information content (AvgIpc) is 3.46. The van der Waals surface area contributed by atoms with Crippen LogP contribution in [-0.2, 0) is 11.3 Å². The number of fused-ring (bicyclic) bond motifs is 7. The summed E-state index contributed by atoms with van der Waals surface area (Å²) in [5.41, 5.74) is 5.26. The number of carbonyl (C=O) groups excluding carboxylic acids is 1. The zero-order valence-corrected chi connectivity index (χ0v) is 30.1. The van der Waals surface area contributed by atoms with Crippen molar-refractivity contribution in [2.24, 2.45) is 56.7 Å². The number of aromatic nitrogens is 1. The Morgan fingerprint density at radius 2 is 1.65 bits per heavy atom. The summed E-state index contributed by atoms with van der Waals surface area (Å²) in [5.74, 6) is 1.78. The minimum absolute atomic E-state index is 0.0132. The number of nitrogens with one attached hydrogen (secondary N) is 1. The SMILES string of the molecule is C=C(C)C1CCC2(C(=O)NCc3ccccn3)CCC3(C)C(CCC4C5(C)CC=C(c6ccc(C(=O)O)cc6)C(C)(C)C5CCC43C)C12. The fourth-order valence-electron chi connectivity index (χ4n) is 13.3. The molecule has 9 atom stereocenters. The van der Waals surface area contributed by atoms with E-state index in [1.54, 1.807) is 18.3 Å².